The number of benzene rings is 1. The first kappa shape index (κ1) is 13.3. The lowest BCUT2D eigenvalue weighted by Gasteiger charge is -2.08. The molecule has 3 rings (SSSR count). The molecule has 1 N–H and O–H groups in total. The van der Waals surface area contributed by atoms with Crippen LogP contribution in [-0.4, -0.2) is 16.0 Å². The number of halogens is 2. The molecule has 0 unspecified atom stereocenters. The van der Waals surface area contributed by atoms with Gasteiger partial charge in [0.15, 0.2) is 0 Å². The average Bonchev–Trinajstić information content (AvgIpc) is 3.24. The second-order valence-electron chi connectivity index (χ2n) is 4.68. The van der Waals surface area contributed by atoms with Gasteiger partial charge in [0.1, 0.15) is 11.6 Å². The first-order chi connectivity index (χ1) is 9.70. The van der Waals surface area contributed by atoms with Crippen LogP contribution in [0.2, 0.25) is 5.02 Å². The molecule has 1 heterocycles. The maximum Gasteiger partial charge on any atom is 0.238 e. The van der Waals surface area contributed by atoms with Gasteiger partial charge in [-0.15, -0.1) is 0 Å². The van der Waals surface area contributed by atoms with Crippen LogP contribution in [0, 0.1) is 5.82 Å². The lowest BCUT2D eigenvalue weighted by atomic mass is 10.3. The first-order valence-corrected chi connectivity index (χ1v) is 6.76. The molecule has 1 aromatic carbocycles. The summed E-state index contributed by atoms with van der Waals surface area (Å²) in [6.07, 6.45) is 5.62. The van der Waals surface area contributed by atoms with Crippen molar-refractivity contribution in [2.45, 2.75) is 25.4 Å². The molecule has 2 aromatic rings. The first-order valence-electron chi connectivity index (χ1n) is 6.38. The highest BCUT2D eigenvalue weighted by atomic mass is 35.5. The molecule has 1 aliphatic rings. The quantitative estimate of drug-likeness (QED) is 0.919. The highest BCUT2D eigenvalue weighted by Crippen LogP contribution is 2.28. The lowest BCUT2D eigenvalue weighted by molar-refractivity contribution is 0.455. The fraction of sp³-hybridized carbons (Fsp3) is 0.286. The zero-order valence-electron chi connectivity index (χ0n) is 10.6. The normalized spacial score (nSPS) is 14.3. The van der Waals surface area contributed by atoms with Crippen molar-refractivity contribution in [1.29, 1.82) is 0 Å². The number of hydrogen-bond donors (Lipinski definition) is 1. The summed E-state index contributed by atoms with van der Waals surface area (Å²) in [5.74, 6) is 0.291. The van der Waals surface area contributed by atoms with Crippen LogP contribution in [0.1, 0.15) is 18.5 Å². The highest BCUT2D eigenvalue weighted by Gasteiger charge is 2.20. The molecule has 0 amide bonds. The molecule has 104 valence electrons. The Hall–Kier alpha value is -1.72. The molecule has 1 aromatic heterocycles. The largest absolute Gasteiger partial charge is 0.436 e. The summed E-state index contributed by atoms with van der Waals surface area (Å²) in [5, 5.41) is 3.55. The third-order valence-electron chi connectivity index (χ3n) is 2.92. The zero-order chi connectivity index (χ0) is 13.9. The summed E-state index contributed by atoms with van der Waals surface area (Å²) in [6, 6.07) is 4.55. The molecule has 1 aliphatic carbocycles. The van der Waals surface area contributed by atoms with E-state index in [2.05, 4.69) is 15.3 Å². The van der Waals surface area contributed by atoms with Gasteiger partial charge in [-0.3, -0.25) is 4.98 Å². The van der Waals surface area contributed by atoms with Gasteiger partial charge in [-0.25, -0.2) is 9.37 Å². The molecular weight excluding hydrogens is 281 g/mol. The molecule has 0 radical (unpaired) electrons. The van der Waals surface area contributed by atoms with Gasteiger partial charge in [0.05, 0.1) is 16.9 Å². The van der Waals surface area contributed by atoms with Gasteiger partial charge >= 0.3 is 0 Å². The highest BCUT2D eigenvalue weighted by molar-refractivity contribution is 6.32. The molecule has 20 heavy (non-hydrogen) atoms. The fourth-order valence-electron chi connectivity index (χ4n) is 1.73. The van der Waals surface area contributed by atoms with Crippen LogP contribution >= 0.6 is 11.6 Å². The zero-order valence-corrected chi connectivity index (χ0v) is 11.4. The molecule has 1 fully saturated rings. The molecule has 6 heteroatoms. The van der Waals surface area contributed by atoms with Crippen molar-refractivity contribution >= 4 is 11.6 Å². The van der Waals surface area contributed by atoms with Crippen molar-refractivity contribution in [3.63, 3.8) is 0 Å². The number of nitrogens with zero attached hydrogens (tertiary/aromatic N) is 2. The number of aromatic nitrogens is 2. The molecule has 1 saturated carbocycles. The van der Waals surface area contributed by atoms with Crippen LogP contribution in [0.25, 0.3) is 0 Å². The standard InChI is InChI=1S/C14H13ClFN3O/c15-12-5-9(16)1-4-13(12)20-14-8-17-6-11(19-14)7-18-10-2-3-10/h1,4-6,8,10,18H,2-3,7H2. The van der Waals surface area contributed by atoms with Crippen LogP contribution in [0.3, 0.4) is 0 Å². The van der Waals surface area contributed by atoms with Crippen LogP contribution in [0.15, 0.2) is 30.6 Å². The Kier molecular flexibility index (Phi) is 3.80. The van der Waals surface area contributed by atoms with Crippen LogP contribution in [0.5, 0.6) is 11.6 Å². The van der Waals surface area contributed by atoms with Crippen molar-refractivity contribution in [2.24, 2.45) is 0 Å². The van der Waals surface area contributed by atoms with Crippen molar-refractivity contribution < 1.29 is 9.13 Å². The van der Waals surface area contributed by atoms with Gasteiger partial charge in [-0.05, 0) is 31.0 Å². The van der Waals surface area contributed by atoms with Crippen molar-refractivity contribution in [2.75, 3.05) is 0 Å². The van der Waals surface area contributed by atoms with Crippen molar-refractivity contribution in [3.8, 4) is 11.6 Å². The van der Waals surface area contributed by atoms with Gasteiger partial charge in [-0.1, -0.05) is 11.6 Å². The summed E-state index contributed by atoms with van der Waals surface area (Å²) < 4.78 is 18.5. The maximum atomic E-state index is 13.0. The van der Waals surface area contributed by atoms with Crippen molar-refractivity contribution in [3.05, 3.63) is 47.1 Å². The molecule has 0 bridgehead atoms. The van der Waals surface area contributed by atoms with Gasteiger partial charge < -0.3 is 10.1 Å². The van der Waals surface area contributed by atoms with Gasteiger partial charge in [0.25, 0.3) is 0 Å². The second-order valence-corrected chi connectivity index (χ2v) is 5.09. The maximum absolute atomic E-state index is 13.0. The van der Waals surface area contributed by atoms with Crippen LogP contribution in [0.4, 0.5) is 4.39 Å². The Balaban J connectivity index is 1.70. The smallest absolute Gasteiger partial charge is 0.238 e. The summed E-state index contributed by atoms with van der Waals surface area (Å²) >= 11 is 5.90. The van der Waals surface area contributed by atoms with Crippen LogP contribution < -0.4 is 10.1 Å². The lowest BCUT2D eigenvalue weighted by Crippen LogP contribution is -2.16. The summed E-state index contributed by atoms with van der Waals surface area (Å²) in [7, 11) is 0. The number of hydrogen-bond acceptors (Lipinski definition) is 4. The van der Waals surface area contributed by atoms with Gasteiger partial charge in [-0.2, -0.15) is 0 Å². The van der Waals surface area contributed by atoms with E-state index in [0.717, 1.165) is 5.69 Å². The summed E-state index contributed by atoms with van der Waals surface area (Å²) in [6.45, 7) is 0.659. The second kappa shape index (κ2) is 5.73. The van der Waals surface area contributed by atoms with Crippen LogP contribution in [-0.2, 0) is 6.54 Å². The Morgan fingerprint density at radius 2 is 2.20 bits per heavy atom. The third-order valence-corrected chi connectivity index (χ3v) is 3.22. The van der Waals surface area contributed by atoms with Gasteiger partial charge in [0.2, 0.25) is 5.88 Å². The van der Waals surface area contributed by atoms with E-state index in [1.807, 2.05) is 0 Å². The molecule has 0 aliphatic heterocycles. The molecular formula is C14H13ClFN3O. The topological polar surface area (TPSA) is 47.0 Å². The van der Waals surface area contributed by atoms with E-state index in [9.17, 15) is 4.39 Å². The van der Waals surface area contributed by atoms with Crippen molar-refractivity contribution in [1.82, 2.24) is 15.3 Å². The summed E-state index contributed by atoms with van der Waals surface area (Å²) in [5.41, 5.74) is 0.799. The van der Waals surface area contributed by atoms with E-state index in [-0.39, 0.29) is 5.02 Å². The van der Waals surface area contributed by atoms with E-state index >= 15 is 0 Å². The third kappa shape index (κ3) is 3.43. The molecule has 0 spiro atoms. The minimum absolute atomic E-state index is 0.202. The van der Waals surface area contributed by atoms with Gasteiger partial charge in [0, 0.05) is 18.8 Å². The average molecular weight is 294 g/mol. The Bertz CT molecular complexity index is 619. The minimum atomic E-state index is -0.407. The SMILES string of the molecule is Fc1ccc(Oc2cncc(CNC3CC3)n2)c(Cl)c1. The van der Waals surface area contributed by atoms with E-state index in [1.54, 1.807) is 6.20 Å². The predicted octanol–water partition coefficient (Wildman–Crippen LogP) is 3.31. The molecule has 0 atom stereocenters. The van der Waals surface area contributed by atoms with E-state index in [0.29, 0.717) is 24.2 Å². The molecule has 4 nitrogen and oxygen atoms in total. The fourth-order valence-corrected chi connectivity index (χ4v) is 1.93. The number of nitrogens with one attached hydrogen (secondary N) is 1. The number of rotatable bonds is 5. The Morgan fingerprint density at radius 1 is 1.35 bits per heavy atom. The van der Waals surface area contributed by atoms with E-state index in [4.69, 9.17) is 16.3 Å². The number of ether oxygens (including phenoxy) is 1. The van der Waals surface area contributed by atoms with E-state index < -0.39 is 5.82 Å². The summed E-state index contributed by atoms with van der Waals surface area (Å²) in [4.78, 5) is 8.41. The Labute approximate surface area is 121 Å². The monoisotopic (exact) mass is 293 g/mol. The predicted molar refractivity (Wildman–Crippen MR) is 73.4 cm³/mol. The van der Waals surface area contributed by atoms with E-state index in [1.165, 1.54) is 37.2 Å². The molecule has 0 saturated heterocycles. The Morgan fingerprint density at radius 3 is 2.95 bits per heavy atom. The minimum Gasteiger partial charge on any atom is -0.436 e.